The second-order valence-corrected chi connectivity index (χ2v) is 8.36. The summed E-state index contributed by atoms with van der Waals surface area (Å²) in [4.78, 5) is 24.3. The van der Waals surface area contributed by atoms with E-state index in [4.69, 9.17) is 9.47 Å². The van der Waals surface area contributed by atoms with Gasteiger partial charge in [-0.1, -0.05) is 63.1 Å². The first-order valence-electron chi connectivity index (χ1n) is 11.2. The van der Waals surface area contributed by atoms with Crippen molar-refractivity contribution < 1.29 is 19.1 Å². The Labute approximate surface area is 185 Å². The molecule has 2 aromatic carbocycles. The fourth-order valence-electron chi connectivity index (χ4n) is 3.74. The fourth-order valence-corrected chi connectivity index (χ4v) is 3.74. The average Bonchev–Trinajstić information content (AvgIpc) is 3.57. The number of hydrogen-bond acceptors (Lipinski definition) is 4. The van der Waals surface area contributed by atoms with Crippen molar-refractivity contribution >= 4 is 11.8 Å². The van der Waals surface area contributed by atoms with E-state index in [0.717, 1.165) is 36.1 Å². The van der Waals surface area contributed by atoms with E-state index in [9.17, 15) is 9.59 Å². The maximum atomic E-state index is 12.4. The van der Waals surface area contributed by atoms with Crippen molar-refractivity contribution in [3.05, 3.63) is 71.8 Å². The summed E-state index contributed by atoms with van der Waals surface area (Å²) >= 11 is 0. The minimum absolute atomic E-state index is 0.166. The van der Waals surface area contributed by atoms with E-state index in [1.54, 1.807) is 13.0 Å². The number of para-hydroxylation sites is 1. The van der Waals surface area contributed by atoms with E-state index in [-0.39, 0.29) is 12.5 Å². The highest BCUT2D eigenvalue weighted by molar-refractivity contribution is 5.89. The summed E-state index contributed by atoms with van der Waals surface area (Å²) in [5, 5.41) is 0. The molecule has 4 heteroatoms. The number of hydrogen-bond donors (Lipinski definition) is 0. The summed E-state index contributed by atoms with van der Waals surface area (Å²) in [6.45, 7) is 7.71. The zero-order valence-corrected chi connectivity index (χ0v) is 18.6. The number of ketones is 1. The maximum absolute atomic E-state index is 12.4. The molecular formula is C27H32O4. The summed E-state index contributed by atoms with van der Waals surface area (Å²) in [5.74, 6) is 1.65. The normalized spacial score (nSPS) is 17.1. The van der Waals surface area contributed by atoms with Gasteiger partial charge in [-0.25, -0.2) is 4.79 Å². The lowest BCUT2D eigenvalue weighted by molar-refractivity contribution is -0.130. The van der Waals surface area contributed by atoms with Gasteiger partial charge in [-0.05, 0) is 49.4 Å². The van der Waals surface area contributed by atoms with E-state index in [1.165, 1.54) is 12.8 Å². The standard InChI is InChI=1S/C27H32O4/c1-4-5-6-7-14-25(28)24-17-23(24)20-12-10-13-22(16-20)30-18-21-11-8-9-15-26(21)31-27(29)19(2)3/h8-13,15-16,23-24H,2,4-7,14,17-18H2,1,3H3. The van der Waals surface area contributed by atoms with E-state index >= 15 is 0 Å². The monoisotopic (exact) mass is 420 g/mol. The van der Waals surface area contributed by atoms with Gasteiger partial charge in [0.05, 0.1) is 0 Å². The molecule has 0 amide bonds. The quantitative estimate of drug-likeness (QED) is 0.173. The summed E-state index contributed by atoms with van der Waals surface area (Å²) < 4.78 is 11.4. The van der Waals surface area contributed by atoms with Crippen LogP contribution in [0.25, 0.3) is 0 Å². The van der Waals surface area contributed by atoms with Crippen LogP contribution in [0.3, 0.4) is 0 Å². The van der Waals surface area contributed by atoms with Crippen LogP contribution in [0, 0.1) is 5.92 Å². The van der Waals surface area contributed by atoms with Gasteiger partial charge < -0.3 is 9.47 Å². The molecular weight excluding hydrogens is 388 g/mol. The zero-order valence-electron chi connectivity index (χ0n) is 18.6. The predicted molar refractivity (Wildman–Crippen MR) is 122 cm³/mol. The van der Waals surface area contributed by atoms with Gasteiger partial charge in [-0.2, -0.15) is 0 Å². The first-order valence-corrected chi connectivity index (χ1v) is 11.2. The molecule has 0 heterocycles. The summed E-state index contributed by atoms with van der Waals surface area (Å²) in [6.07, 6.45) is 6.19. The first-order chi connectivity index (χ1) is 15.0. The van der Waals surface area contributed by atoms with E-state index in [2.05, 4.69) is 19.6 Å². The zero-order chi connectivity index (χ0) is 22.2. The van der Waals surface area contributed by atoms with Gasteiger partial charge in [0.15, 0.2) is 0 Å². The molecule has 0 saturated heterocycles. The maximum Gasteiger partial charge on any atom is 0.338 e. The van der Waals surface area contributed by atoms with Crippen LogP contribution in [0.5, 0.6) is 11.5 Å². The SMILES string of the molecule is C=C(C)C(=O)Oc1ccccc1COc1cccc(C2CC2C(=O)CCCCCC)c1. The van der Waals surface area contributed by atoms with Gasteiger partial charge in [0.25, 0.3) is 0 Å². The molecule has 0 spiro atoms. The first kappa shape index (κ1) is 22.8. The second-order valence-electron chi connectivity index (χ2n) is 8.36. The van der Waals surface area contributed by atoms with Gasteiger partial charge >= 0.3 is 5.97 Å². The molecule has 164 valence electrons. The van der Waals surface area contributed by atoms with Gasteiger partial charge in [-0.3, -0.25) is 4.79 Å². The Morgan fingerprint density at radius 1 is 1.06 bits per heavy atom. The Balaban J connectivity index is 1.56. The second kappa shape index (κ2) is 10.9. The summed E-state index contributed by atoms with van der Waals surface area (Å²) in [6, 6.07) is 15.3. The minimum Gasteiger partial charge on any atom is -0.489 e. The number of rotatable bonds is 12. The number of Topliss-reactive ketones (excluding diaryl/α,β-unsaturated/α-hetero) is 1. The number of benzene rings is 2. The minimum atomic E-state index is -0.450. The molecule has 2 unspecified atom stereocenters. The van der Waals surface area contributed by atoms with Crippen LogP contribution >= 0.6 is 0 Å². The molecule has 0 bridgehead atoms. The molecule has 3 rings (SSSR count). The van der Waals surface area contributed by atoms with Crippen LogP contribution in [0.2, 0.25) is 0 Å². The number of carbonyl (C=O) groups is 2. The molecule has 4 nitrogen and oxygen atoms in total. The molecule has 1 aliphatic rings. The Hall–Kier alpha value is -2.88. The van der Waals surface area contributed by atoms with Crippen molar-refractivity contribution in [1.29, 1.82) is 0 Å². The lowest BCUT2D eigenvalue weighted by Crippen LogP contribution is -2.10. The Morgan fingerprint density at radius 2 is 1.87 bits per heavy atom. The lowest BCUT2D eigenvalue weighted by atomic mass is 10.0. The average molecular weight is 421 g/mol. The largest absolute Gasteiger partial charge is 0.489 e. The van der Waals surface area contributed by atoms with E-state index in [1.807, 2.05) is 36.4 Å². The van der Waals surface area contributed by atoms with Gasteiger partial charge in [-0.15, -0.1) is 0 Å². The van der Waals surface area contributed by atoms with Crippen molar-refractivity contribution in [3.63, 3.8) is 0 Å². The Bertz CT molecular complexity index is 930. The summed E-state index contributed by atoms with van der Waals surface area (Å²) in [7, 11) is 0. The van der Waals surface area contributed by atoms with Gasteiger partial charge in [0.2, 0.25) is 0 Å². The molecule has 0 radical (unpaired) electrons. The highest BCUT2D eigenvalue weighted by Crippen LogP contribution is 2.49. The van der Waals surface area contributed by atoms with Gasteiger partial charge in [0.1, 0.15) is 23.9 Å². The van der Waals surface area contributed by atoms with Crippen molar-refractivity contribution in [2.24, 2.45) is 5.92 Å². The topological polar surface area (TPSA) is 52.6 Å². The van der Waals surface area contributed by atoms with E-state index in [0.29, 0.717) is 29.4 Å². The molecule has 2 atom stereocenters. The molecule has 31 heavy (non-hydrogen) atoms. The highest BCUT2D eigenvalue weighted by Gasteiger charge is 2.43. The molecule has 0 aromatic heterocycles. The Kier molecular flexibility index (Phi) is 8.05. The Morgan fingerprint density at radius 3 is 2.65 bits per heavy atom. The molecule has 0 N–H and O–H groups in total. The van der Waals surface area contributed by atoms with Crippen LogP contribution in [0.15, 0.2) is 60.7 Å². The van der Waals surface area contributed by atoms with E-state index < -0.39 is 5.97 Å². The number of esters is 1. The smallest absolute Gasteiger partial charge is 0.338 e. The summed E-state index contributed by atoms with van der Waals surface area (Å²) in [5.41, 5.74) is 2.29. The highest BCUT2D eigenvalue weighted by atomic mass is 16.5. The third-order valence-electron chi connectivity index (χ3n) is 5.69. The number of ether oxygens (including phenoxy) is 2. The molecule has 1 fully saturated rings. The van der Waals surface area contributed by atoms with Crippen LogP contribution in [0.4, 0.5) is 0 Å². The predicted octanol–water partition coefficient (Wildman–Crippen LogP) is 6.39. The third kappa shape index (κ3) is 6.55. The fraction of sp³-hybridized carbons (Fsp3) is 0.407. The number of carbonyl (C=O) groups excluding carboxylic acids is 2. The van der Waals surface area contributed by atoms with Crippen LogP contribution in [-0.2, 0) is 16.2 Å². The third-order valence-corrected chi connectivity index (χ3v) is 5.69. The van der Waals surface area contributed by atoms with Crippen molar-refractivity contribution in [1.82, 2.24) is 0 Å². The lowest BCUT2D eigenvalue weighted by Gasteiger charge is -2.12. The van der Waals surface area contributed by atoms with Crippen molar-refractivity contribution in [3.8, 4) is 11.5 Å². The van der Waals surface area contributed by atoms with Crippen LogP contribution in [-0.4, -0.2) is 11.8 Å². The van der Waals surface area contributed by atoms with Crippen molar-refractivity contribution in [2.45, 2.75) is 64.9 Å². The molecule has 1 saturated carbocycles. The van der Waals surface area contributed by atoms with Crippen LogP contribution < -0.4 is 9.47 Å². The molecule has 0 aliphatic heterocycles. The number of unbranched alkanes of at least 4 members (excludes halogenated alkanes) is 3. The van der Waals surface area contributed by atoms with Gasteiger partial charge in [0, 0.05) is 23.5 Å². The van der Waals surface area contributed by atoms with Crippen molar-refractivity contribution in [2.75, 3.05) is 0 Å². The molecule has 1 aliphatic carbocycles. The molecule has 2 aromatic rings. The van der Waals surface area contributed by atoms with Crippen LogP contribution in [0.1, 0.15) is 69.4 Å².